The molecule has 7 nitrogen and oxygen atoms in total. The van der Waals surface area contributed by atoms with Crippen LogP contribution in [0, 0.1) is 0 Å². The molecule has 0 saturated carbocycles. The predicted molar refractivity (Wildman–Crippen MR) is 159 cm³/mol. The largest absolute Gasteiger partial charge is 0.497 e. The summed E-state index contributed by atoms with van der Waals surface area (Å²) >= 11 is 1.30. The number of nitrogens with zero attached hydrogens (tertiary/aromatic N) is 3. The molecule has 6 aromatic rings. The SMILES string of the molecule is COc1ccc2nc(N(/N=C/c3coc4ccccc4c3=O)C(=O)c3ccc(Cc4ccccc4)cc3)sc2c1. The molecule has 0 unspecified atom stereocenters. The van der Waals surface area contributed by atoms with Gasteiger partial charge < -0.3 is 9.15 Å². The summed E-state index contributed by atoms with van der Waals surface area (Å²) in [5.41, 5.74) is 3.88. The summed E-state index contributed by atoms with van der Waals surface area (Å²) in [7, 11) is 1.60. The predicted octanol–water partition coefficient (Wildman–Crippen LogP) is 6.68. The maximum atomic E-state index is 13.8. The van der Waals surface area contributed by atoms with Crippen LogP contribution in [0.2, 0.25) is 0 Å². The van der Waals surface area contributed by atoms with E-state index >= 15 is 0 Å². The number of para-hydroxylation sites is 1. The first-order valence-corrected chi connectivity index (χ1v) is 13.4. The molecule has 0 atom stereocenters. The Morgan fingerprint density at radius 3 is 2.52 bits per heavy atom. The molecule has 196 valence electrons. The summed E-state index contributed by atoms with van der Waals surface area (Å²) < 4.78 is 11.8. The maximum Gasteiger partial charge on any atom is 0.280 e. The zero-order valence-electron chi connectivity index (χ0n) is 21.5. The highest BCUT2D eigenvalue weighted by Gasteiger charge is 2.22. The molecule has 0 radical (unpaired) electrons. The number of rotatable bonds is 7. The van der Waals surface area contributed by atoms with Gasteiger partial charge in [0.05, 0.1) is 34.5 Å². The smallest absolute Gasteiger partial charge is 0.280 e. The van der Waals surface area contributed by atoms with Crippen LogP contribution in [-0.4, -0.2) is 24.2 Å². The van der Waals surface area contributed by atoms with E-state index in [-0.39, 0.29) is 16.9 Å². The minimum Gasteiger partial charge on any atom is -0.497 e. The number of carbonyl (C=O) groups is 1. The molecule has 0 saturated heterocycles. The van der Waals surface area contributed by atoms with Crippen molar-refractivity contribution in [3.05, 3.63) is 136 Å². The van der Waals surface area contributed by atoms with Gasteiger partial charge in [0.15, 0.2) is 0 Å². The van der Waals surface area contributed by atoms with Gasteiger partial charge in [-0.1, -0.05) is 65.9 Å². The average Bonchev–Trinajstić information content (AvgIpc) is 3.42. The Morgan fingerprint density at radius 2 is 1.73 bits per heavy atom. The van der Waals surface area contributed by atoms with Crippen LogP contribution >= 0.6 is 11.3 Å². The Morgan fingerprint density at radius 1 is 0.975 bits per heavy atom. The number of benzene rings is 4. The monoisotopic (exact) mass is 545 g/mol. The van der Waals surface area contributed by atoms with Gasteiger partial charge in [0.25, 0.3) is 5.91 Å². The number of hydrogen-bond donors (Lipinski definition) is 0. The third-order valence-electron chi connectivity index (χ3n) is 6.43. The number of anilines is 1. The van der Waals surface area contributed by atoms with E-state index in [0.29, 0.717) is 32.9 Å². The standard InChI is InChI=1S/C32H23N3O4S/c1-38-25-15-16-27-29(18-25)40-32(34-27)35(33-19-24-20-39-28-10-6-5-9-26(28)30(24)36)31(37)23-13-11-22(12-14-23)17-21-7-3-2-4-8-21/h2-16,18-20H,17H2,1H3/b33-19+. The number of thiazole rings is 1. The summed E-state index contributed by atoms with van der Waals surface area (Å²) in [5.74, 6) is 0.311. The molecule has 2 aromatic heterocycles. The van der Waals surface area contributed by atoms with Crippen molar-refractivity contribution in [2.75, 3.05) is 12.1 Å². The number of fused-ring (bicyclic) bond motifs is 2. The normalized spacial score (nSPS) is 11.3. The molecule has 2 heterocycles. The van der Waals surface area contributed by atoms with Crippen molar-refractivity contribution in [1.29, 1.82) is 0 Å². The fraction of sp³-hybridized carbons (Fsp3) is 0.0625. The molecule has 0 aliphatic carbocycles. The quantitative estimate of drug-likeness (QED) is 0.165. The number of ether oxygens (including phenoxy) is 1. The first-order chi connectivity index (χ1) is 19.6. The highest BCUT2D eigenvalue weighted by Crippen LogP contribution is 2.32. The Balaban J connectivity index is 1.36. The summed E-state index contributed by atoms with van der Waals surface area (Å²) in [4.78, 5) is 31.5. The molecule has 0 N–H and O–H groups in total. The van der Waals surface area contributed by atoms with Crippen molar-refractivity contribution in [3.63, 3.8) is 0 Å². The highest BCUT2D eigenvalue weighted by molar-refractivity contribution is 7.22. The molecule has 0 aliphatic rings. The number of amides is 1. The first kappa shape index (κ1) is 25.2. The summed E-state index contributed by atoms with van der Waals surface area (Å²) in [6.07, 6.45) is 3.44. The lowest BCUT2D eigenvalue weighted by Crippen LogP contribution is -2.26. The number of methoxy groups -OCH3 is 1. The second-order valence-corrected chi connectivity index (χ2v) is 10.1. The van der Waals surface area contributed by atoms with Crippen LogP contribution in [-0.2, 0) is 6.42 Å². The van der Waals surface area contributed by atoms with Gasteiger partial charge >= 0.3 is 0 Å². The van der Waals surface area contributed by atoms with Crippen LogP contribution in [0.15, 0.2) is 118 Å². The lowest BCUT2D eigenvalue weighted by molar-refractivity contribution is 0.0988. The maximum absolute atomic E-state index is 13.8. The number of hydrazone groups is 1. The van der Waals surface area contributed by atoms with E-state index in [4.69, 9.17) is 9.15 Å². The first-order valence-electron chi connectivity index (χ1n) is 12.6. The minimum atomic E-state index is -0.376. The Labute approximate surface area is 233 Å². The average molecular weight is 546 g/mol. The topological polar surface area (TPSA) is 85.0 Å². The molecular formula is C32H23N3O4S. The molecule has 0 bridgehead atoms. The van der Waals surface area contributed by atoms with Crippen LogP contribution in [0.5, 0.6) is 5.75 Å². The number of carbonyl (C=O) groups excluding carboxylic acids is 1. The van der Waals surface area contributed by atoms with Gasteiger partial charge in [0, 0.05) is 5.56 Å². The van der Waals surface area contributed by atoms with Gasteiger partial charge in [0.1, 0.15) is 17.6 Å². The third-order valence-corrected chi connectivity index (χ3v) is 7.42. The second-order valence-electron chi connectivity index (χ2n) is 9.07. The summed E-state index contributed by atoms with van der Waals surface area (Å²) in [6, 6.07) is 30.1. The van der Waals surface area contributed by atoms with Crippen LogP contribution in [0.4, 0.5) is 5.13 Å². The molecule has 0 fully saturated rings. The Kier molecular flexibility index (Phi) is 6.91. The molecular weight excluding hydrogens is 522 g/mol. The fourth-order valence-electron chi connectivity index (χ4n) is 4.32. The zero-order chi connectivity index (χ0) is 27.5. The van der Waals surface area contributed by atoms with Gasteiger partial charge in [-0.05, 0) is 60.0 Å². The molecule has 4 aromatic carbocycles. The van der Waals surface area contributed by atoms with Crippen LogP contribution in [0.3, 0.4) is 0 Å². The van der Waals surface area contributed by atoms with Crippen molar-refractivity contribution in [3.8, 4) is 5.75 Å². The minimum absolute atomic E-state index is 0.220. The number of hydrogen-bond acceptors (Lipinski definition) is 7. The zero-order valence-corrected chi connectivity index (χ0v) is 22.3. The molecule has 8 heteroatoms. The molecule has 0 aliphatic heterocycles. The second kappa shape index (κ2) is 11.0. The molecule has 0 spiro atoms. The van der Waals surface area contributed by atoms with Gasteiger partial charge in [-0.15, -0.1) is 0 Å². The van der Waals surface area contributed by atoms with E-state index in [1.54, 1.807) is 43.5 Å². The van der Waals surface area contributed by atoms with E-state index in [1.807, 2.05) is 48.5 Å². The van der Waals surface area contributed by atoms with E-state index in [9.17, 15) is 9.59 Å². The lowest BCUT2D eigenvalue weighted by Gasteiger charge is -2.14. The Bertz CT molecular complexity index is 1910. The van der Waals surface area contributed by atoms with Crippen molar-refractivity contribution >= 4 is 49.8 Å². The highest BCUT2D eigenvalue weighted by atomic mass is 32.1. The van der Waals surface area contributed by atoms with E-state index < -0.39 is 0 Å². The molecule has 40 heavy (non-hydrogen) atoms. The van der Waals surface area contributed by atoms with Crippen molar-refractivity contribution in [1.82, 2.24) is 4.98 Å². The molecule has 1 amide bonds. The molecule has 6 rings (SSSR count). The van der Waals surface area contributed by atoms with Gasteiger partial charge in [0.2, 0.25) is 10.6 Å². The third kappa shape index (κ3) is 5.12. The van der Waals surface area contributed by atoms with Crippen molar-refractivity contribution < 1.29 is 13.9 Å². The van der Waals surface area contributed by atoms with E-state index in [2.05, 4.69) is 22.2 Å². The summed E-state index contributed by atoms with van der Waals surface area (Å²) in [5, 5.41) is 6.47. The van der Waals surface area contributed by atoms with E-state index in [1.165, 1.54) is 34.4 Å². The fourth-order valence-corrected chi connectivity index (χ4v) is 5.27. The number of aromatic nitrogens is 1. The lowest BCUT2D eigenvalue weighted by atomic mass is 10.0. The Hall–Kier alpha value is -5.08. The van der Waals surface area contributed by atoms with Gasteiger partial charge in [-0.25, -0.2) is 4.98 Å². The van der Waals surface area contributed by atoms with Gasteiger partial charge in [-0.3, -0.25) is 9.59 Å². The van der Waals surface area contributed by atoms with Gasteiger partial charge in [-0.2, -0.15) is 10.1 Å². The van der Waals surface area contributed by atoms with Crippen LogP contribution in [0.25, 0.3) is 21.2 Å². The van der Waals surface area contributed by atoms with E-state index in [0.717, 1.165) is 16.7 Å². The summed E-state index contributed by atoms with van der Waals surface area (Å²) in [6.45, 7) is 0. The van der Waals surface area contributed by atoms with Crippen molar-refractivity contribution in [2.45, 2.75) is 6.42 Å². The van der Waals surface area contributed by atoms with Crippen LogP contribution in [0.1, 0.15) is 27.0 Å². The van der Waals surface area contributed by atoms with Crippen molar-refractivity contribution in [2.24, 2.45) is 5.10 Å². The van der Waals surface area contributed by atoms with Crippen LogP contribution < -0.4 is 15.2 Å².